The maximum absolute atomic E-state index is 13.0. The predicted molar refractivity (Wildman–Crippen MR) is 125 cm³/mol. The summed E-state index contributed by atoms with van der Waals surface area (Å²) in [6.07, 6.45) is 2.06. The molecule has 0 atom stereocenters. The van der Waals surface area contributed by atoms with E-state index < -0.39 is 0 Å². The van der Waals surface area contributed by atoms with Crippen molar-refractivity contribution in [2.45, 2.75) is 32.9 Å². The van der Waals surface area contributed by atoms with Gasteiger partial charge in [0.15, 0.2) is 11.5 Å². The van der Waals surface area contributed by atoms with Gasteiger partial charge in [-0.05, 0) is 49.1 Å². The number of piperidine rings is 1. The number of amides is 2. The van der Waals surface area contributed by atoms with Crippen LogP contribution in [0.2, 0.25) is 0 Å². The quantitative estimate of drug-likeness (QED) is 0.597. The number of likely N-dealkylation sites (tertiary alicyclic amines) is 1. The second-order valence-corrected chi connectivity index (χ2v) is 8.42. The number of para-hydroxylation sites is 2. The van der Waals surface area contributed by atoms with Crippen LogP contribution in [-0.4, -0.2) is 53.6 Å². The van der Waals surface area contributed by atoms with Gasteiger partial charge >= 0.3 is 0 Å². The number of nitrogens with one attached hydrogen (secondary N) is 1. The monoisotopic (exact) mass is 450 g/mol. The number of fused-ring (bicyclic) bond motifs is 1. The smallest absolute Gasteiger partial charge is 0.251 e. The highest BCUT2D eigenvalue weighted by Crippen LogP contribution is 2.27. The van der Waals surface area contributed by atoms with E-state index in [0.29, 0.717) is 28.8 Å². The Hall–Kier alpha value is -3.55. The Bertz CT molecular complexity index is 1150. The van der Waals surface area contributed by atoms with Crippen LogP contribution in [0.1, 0.15) is 35.9 Å². The van der Waals surface area contributed by atoms with Crippen molar-refractivity contribution in [3.63, 3.8) is 0 Å². The van der Waals surface area contributed by atoms with E-state index in [1.807, 2.05) is 33.7 Å². The van der Waals surface area contributed by atoms with Gasteiger partial charge in [-0.15, -0.1) is 0 Å². The van der Waals surface area contributed by atoms with E-state index in [1.165, 1.54) is 7.11 Å². The van der Waals surface area contributed by atoms with Crippen LogP contribution in [0.15, 0.2) is 42.5 Å². The highest BCUT2D eigenvalue weighted by Gasteiger charge is 2.22. The Morgan fingerprint density at radius 3 is 2.52 bits per heavy atom. The molecular formula is C25H30N4O4. The van der Waals surface area contributed by atoms with Crippen LogP contribution >= 0.6 is 0 Å². The average molecular weight is 451 g/mol. The second-order valence-electron chi connectivity index (χ2n) is 8.42. The molecule has 8 heteroatoms. The third-order valence-electron chi connectivity index (χ3n) is 6.22. The number of carbonyl (C=O) groups is 2. The highest BCUT2D eigenvalue weighted by molar-refractivity contribution is 5.95. The lowest BCUT2D eigenvalue weighted by atomic mass is 9.99. The molecule has 1 fully saturated rings. The maximum Gasteiger partial charge on any atom is 0.251 e. The van der Waals surface area contributed by atoms with Crippen molar-refractivity contribution in [3.8, 4) is 11.5 Å². The number of nitrogens with zero attached hydrogens (tertiary/aromatic N) is 3. The van der Waals surface area contributed by atoms with Gasteiger partial charge in [-0.1, -0.05) is 19.1 Å². The van der Waals surface area contributed by atoms with Crippen LogP contribution in [0.4, 0.5) is 0 Å². The summed E-state index contributed by atoms with van der Waals surface area (Å²) in [5.74, 6) is 2.16. The standard InChI is InChI=1S/C25H30N4O4/c1-17-10-12-28(13-11-17)24(30)16-29-20-7-5-4-6-19(20)27-23(29)15-26-25(31)18-8-9-21(32-2)22(14-18)33-3/h4-9,14,17H,10-13,15-16H2,1-3H3,(H,26,31). The second kappa shape index (κ2) is 9.94. The minimum absolute atomic E-state index is 0.0810. The first-order valence-corrected chi connectivity index (χ1v) is 11.2. The molecule has 2 heterocycles. The number of aromatic nitrogens is 2. The minimum atomic E-state index is -0.258. The number of methoxy groups -OCH3 is 2. The molecule has 0 aliphatic carbocycles. The number of benzene rings is 2. The summed E-state index contributed by atoms with van der Waals surface area (Å²) in [6.45, 7) is 4.21. The third-order valence-corrected chi connectivity index (χ3v) is 6.22. The number of carbonyl (C=O) groups excluding carboxylic acids is 2. The molecule has 1 N–H and O–H groups in total. The van der Waals surface area contributed by atoms with Crippen molar-refractivity contribution in [3.05, 3.63) is 53.9 Å². The van der Waals surface area contributed by atoms with Crippen LogP contribution in [0, 0.1) is 5.92 Å². The van der Waals surface area contributed by atoms with Gasteiger partial charge in [0.2, 0.25) is 5.91 Å². The number of hydrogen-bond acceptors (Lipinski definition) is 5. The van der Waals surface area contributed by atoms with Gasteiger partial charge in [0, 0.05) is 18.7 Å². The van der Waals surface area contributed by atoms with Crippen LogP contribution in [0.25, 0.3) is 11.0 Å². The molecule has 1 saturated heterocycles. The van der Waals surface area contributed by atoms with Crippen molar-refractivity contribution in [1.82, 2.24) is 19.8 Å². The fourth-order valence-corrected chi connectivity index (χ4v) is 4.17. The van der Waals surface area contributed by atoms with Gasteiger partial charge in [0.05, 0.1) is 31.8 Å². The molecule has 2 amide bonds. The van der Waals surface area contributed by atoms with E-state index in [9.17, 15) is 9.59 Å². The lowest BCUT2D eigenvalue weighted by Gasteiger charge is -2.30. The van der Waals surface area contributed by atoms with Crippen LogP contribution in [0.5, 0.6) is 11.5 Å². The molecule has 1 aromatic heterocycles. The average Bonchev–Trinajstić information content (AvgIpc) is 3.19. The molecule has 0 saturated carbocycles. The fourth-order valence-electron chi connectivity index (χ4n) is 4.17. The van der Waals surface area contributed by atoms with Crippen molar-refractivity contribution in [2.75, 3.05) is 27.3 Å². The first kappa shape index (κ1) is 22.6. The van der Waals surface area contributed by atoms with E-state index >= 15 is 0 Å². The summed E-state index contributed by atoms with van der Waals surface area (Å²) in [6, 6.07) is 12.7. The number of hydrogen-bond donors (Lipinski definition) is 1. The van der Waals surface area contributed by atoms with Gasteiger partial charge in [0.25, 0.3) is 5.91 Å². The molecule has 1 aliphatic heterocycles. The first-order valence-electron chi connectivity index (χ1n) is 11.2. The fraction of sp³-hybridized carbons (Fsp3) is 0.400. The first-order chi connectivity index (χ1) is 16.0. The van der Waals surface area contributed by atoms with Gasteiger partial charge in [0.1, 0.15) is 12.4 Å². The van der Waals surface area contributed by atoms with Crippen molar-refractivity contribution < 1.29 is 19.1 Å². The molecule has 2 aromatic carbocycles. The van der Waals surface area contributed by atoms with Gasteiger partial charge in [-0.25, -0.2) is 4.98 Å². The Labute approximate surface area is 193 Å². The van der Waals surface area contributed by atoms with Crippen molar-refractivity contribution >= 4 is 22.8 Å². The van der Waals surface area contributed by atoms with Gasteiger partial charge in [-0.2, -0.15) is 0 Å². The minimum Gasteiger partial charge on any atom is -0.493 e. The van der Waals surface area contributed by atoms with Crippen LogP contribution in [-0.2, 0) is 17.9 Å². The van der Waals surface area contributed by atoms with E-state index in [0.717, 1.165) is 37.0 Å². The van der Waals surface area contributed by atoms with Crippen LogP contribution in [0.3, 0.4) is 0 Å². The topological polar surface area (TPSA) is 85.7 Å². The molecule has 8 nitrogen and oxygen atoms in total. The summed E-state index contributed by atoms with van der Waals surface area (Å²) in [5.41, 5.74) is 2.13. The summed E-state index contributed by atoms with van der Waals surface area (Å²) < 4.78 is 12.4. The molecule has 0 spiro atoms. The summed E-state index contributed by atoms with van der Waals surface area (Å²) in [4.78, 5) is 32.4. The van der Waals surface area contributed by atoms with Gasteiger partial charge < -0.3 is 24.3 Å². The zero-order valence-electron chi connectivity index (χ0n) is 19.3. The van der Waals surface area contributed by atoms with E-state index in [4.69, 9.17) is 9.47 Å². The normalized spacial score (nSPS) is 14.3. The zero-order valence-corrected chi connectivity index (χ0v) is 19.3. The Morgan fingerprint density at radius 2 is 1.79 bits per heavy atom. The lowest BCUT2D eigenvalue weighted by molar-refractivity contribution is -0.133. The van der Waals surface area contributed by atoms with E-state index in [2.05, 4.69) is 17.2 Å². The highest BCUT2D eigenvalue weighted by atomic mass is 16.5. The molecule has 3 aromatic rings. The molecule has 0 radical (unpaired) electrons. The Morgan fingerprint density at radius 1 is 1.06 bits per heavy atom. The molecule has 0 unspecified atom stereocenters. The summed E-state index contributed by atoms with van der Waals surface area (Å²) >= 11 is 0. The number of imidazole rings is 1. The summed E-state index contributed by atoms with van der Waals surface area (Å²) in [5, 5.41) is 2.92. The Kier molecular flexibility index (Phi) is 6.82. The van der Waals surface area contributed by atoms with E-state index in [1.54, 1.807) is 25.3 Å². The van der Waals surface area contributed by atoms with E-state index in [-0.39, 0.29) is 24.9 Å². The third kappa shape index (κ3) is 4.94. The predicted octanol–water partition coefficient (Wildman–Crippen LogP) is 3.24. The molecular weight excluding hydrogens is 420 g/mol. The van der Waals surface area contributed by atoms with Crippen molar-refractivity contribution in [2.24, 2.45) is 5.92 Å². The summed E-state index contributed by atoms with van der Waals surface area (Å²) in [7, 11) is 3.08. The van der Waals surface area contributed by atoms with Crippen molar-refractivity contribution in [1.29, 1.82) is 0 Å². The lowest BCUT2D eigenvalue weighted by Crippen LogP contribution is -2.40. The zero-order chi connectivity index (χ0) is 23.4. The molecule has 0 bridgehead atoms. The molecule has 1 aliphatic rings. The number of rotatable bonds is 7. The molecule has 4 rings (SSSR count). The largest absolute Gasteiger partial charge is 0.493 e. The Balaban J connectivity index is 1.52. The SMILES string of the molecule is COc1ccc(C(=O)NCc2nc3ccccc3n2CC(=O)N2CCC(C)CC2)cc1OC. The number of ether oxygens (including phenoxy) is 2. The molecule has 33 heavy (non-hydrogen) atoms. The maximum atomic E-state index is 13.0. The molecule has 174 valence electrons. The van der Waals surface area contributed by atoms with Gasteiger partial charge in [-0.3, -0.25) is 9.59 Å². The van der Waals surface area contributed by atoms with Crippen LogP contribution < -0.4 is 14.8 Å².